The molecule has 92 valence electrons. The largest absolute Gasteiger partial charge is 0.284 e. The maximum atomic E-state index is 12.0. The molecule has 0 saturated heterocycles. The molecular formula is C11H15N3O2S. The summed E-state index contributed by atoms with van der Waals surface area (Å²) in [5, 5.41) is 6.23. The topological polar surface area (TPSA) is 74.8 Å². The average molecular weight is 253 g/mol. The lowest BCUT2D eigenvalue weighted by Crippen LogP contribution is -2.29. The lowest BCUT2D eigenvalue weighted by atomic mass is 10.0. The monoisotopic (exact) mass is 253 g/mol. The van der Waals surface area contributed by atoms with E-state index in [1.165, 1.54) is 31.7 Å². The first kappa shape index (κ1) is 10.1. The molecule has 5 nitrogen and oxygen atoms in total. The smallest absolute Gasteiger partial charge is 0.243 e. The summed E-state index contributed by atoms with van der Waals surface area (Å²) >= 11 is 0. The molecule has 0 amide bonds. The summed E-state index contributed by atoms with van der Waals surface area (Å²) in [5.41, 5.74) is 0. The molecule has 0 aromatic carbocycles. The molecule has 3 fully saturated rings. The van der Waals surface area contributed by atoms with E-state index in [1.54, 1.807) is 0 Å². The van der Waals surface area contributed by atoms with E-state index in [1.807, 2.05) is 0 Å². The minimum atomic E-state index is -3.36. The number of H-pyrrole nitrogens is 1. The number of hydrogen-bond acceptors (Lipinski definition) is 3. The Labute approximate surface area is 100 Å². The molecule has 4 unspecified atom stereocenters. The second kappa shape index (κ2) is 3.11. The maximum Gasteiger partial charge on any atom is 0.243 e. The fourth-order valence-corrected chi connectivity index (χ4v) is 5.32. The molecular weight excluding hydrogens is 238 g/mol. The van der Waals surface area contributed by atoms with E-state index < -0.39 is 10.0 Å². The fourth-order valence-electron chi connectivity index (χ4n) is 4.12. The van der Waals surface area contributed by atoms with E-state index in [4.69, 9.17) is 0 Å². The first-order valence-corrected chi connectivity index (χ1v) is 7.66. The van der Waals surface area contributed by atoms with Gasteiger partial charge in [0.25, 0.3) is 0 Å². The standard InChI is InChI=1S/C11H15N3O2S/c15-17(16,8-4-12-13-5-8)14-11-9-6-1-2-7(3-6)10(9)11/h4-7,9-11,14H,1-3H2,(H,12,13). The maximum absolute atomic E-state index is 12.0. The van der Waals surface area contributed by atoms with Gasteiger partial charge in [0, 0.05) is 12.2 Å². The lowest BCUT2D eigenvalue weighted by molar-refractivity contribution is 0.456. The van der Waals surface area contributed by atoms with Gasteiger partial charge in [-0.1, -0.05) is 0 Å². The van der Waals surface area contributed by atoms with Crippen LogP contribution in [0, 0.1) is 23.7 Å². The molecule has 2 bridgehead atoms. The van der Waals surface area contributed by atoms with Crippen molar-refractivity contribution < 1.29 is 8.42 Å². The Bertz CT molecular complexity index is 523. The van der Waals surface area contributed by atoms with Gasteiger partial charge in [0.1, 0.15) is 4.90 Å². The van der Waals surface area contributed by atoms with Crippen LogP contribution in [-0.2, 0) is 10.0 Å². The van der Waals surface area contributed by atoms with Crippen LogP contribution in [0.1, 0.15) is 19.3 Å². The van der Waals surface area contributed by atoms with Gasteiger partial charge < -0.3 is 0 Å². The zero-order valence-electron chi connectivity index (χ0n) is 9.33. The Morgan fingerprint density at radius 2 is 2.00 bits per heavy atom. The molecule has 3 aliphatic carbocycles. The molecule has 0 aliphatic heterocycles. The number of fused-ring (bicyclic) bond motifs is 5. The van der Waals surface area contributed by atoms with E-state index in [9.17, 15) is 8.42 Å². The number of sulfonamides is 1. The van der Waals surface area contributed by atoms with Crippen molar-refractivity contribution in [3.8, 4) is 0 Å². The van der Waals surface area contributed by atoms with Crippen molar-refractivity contribution in [3.63, 3.8) is 0 Å². The summed E-state index contributed by atoms with van der Waals surface area (Å²) in [4.78, 5) is 0.245. The molecule has 0 radical (unpaired) electrons. The number of nitrogens with zero attached hydrogens (tertiary/aromatic N) is 1. The molecule has 2 N–H and O–H groups in total. The SMILES string of the molecule is O=S(=O)(NC1C2C3CCC(C3)C12)c1cn[nH]c1. The fraction of sp³-hybridized carbons (Fsp3) is 0.727. The van der Waals surface area contributed by atoms with Gasteiger partial charge in [-0.2, -0.15) is 5.10 Å². The predicted octanol–water partition coefficient (Wildman–Crippen LogP) is 0.732. The highest BCUT2D eigenvalue weighted by Gasteiger charge is 2.65. The molecule has 1 heterocycles. The van der Waals surface area contributed by atoms with Gasteiger partial charge in [-0.25, -0.2) is 13.1 Å². The Morgan fingerprint density at radius 3 is 2.59 bits per heavy atom. The van der Waals surface area contributed by atoms with Gasteiger partial charge in [-0.3, -0.25) is 5.10 Å². The highest BCUT2D eigenvalue weighted by Crippen LogP contribution is 2.65. The van der Waals surface area contributed by atoms with Crippen LogP contribution < -0.4 is 4.72 Å². The normalized spacial score (nSPS) is 42.7. The highest BCUT2D eigenvalue weighted by atomic mass is 32.2. The molecule has 4 atom stereocenters. The third-order valence-electron chi connectivity index (χ3n) is 4.81. The predicted molar refractivity (Wildman–Crippen MR) is 60.5 cm³/mol. The molecule has 1 aromatic heterocycles. The molecule has 3 aliphatic rings. The van der Waals surface area contributed by atoms with E-state index >= 15 is 0 Å². The zero-order valence-corrected chi connectivity index (χ0v) is 10.2. The van der Waals surface area contributed by atoms with Gasteiger partial charge in [0.2, 0.25) is 10.0 Å². The summed E-state index contributed by atoms with van der Waals surface area (Å²) in [6, 6.07) is 0.196. The van der Waals surface area contributed by atoms with Crippen molar-refractivity contribution in [2.45, 2.75) is 30.2 Å². The third kappa shape index (κ3) is 1.34. The molecule has 1 aromatic rings. The van der Waals surface area contributed by atoms with E-state index in [0.717, 1.165) is 11.8 Å². The van der Waals surface area contributed by atoms with Crippen molar-refractivity contribution in [2.75, 3.05) is 0 Å². The van der Waals surface area contributed by atoms with E-state index in [2.05, 4.69) is 14.9 Å². The molecule has 3 saturated carbocycles. The summed E-state index contributed by atoms with van der Waals surface area (Å²) in [5.74, 6) is 2.80. The number of hydrogen-bond donors (Lipinski definition) is 2. The van der Waals surface area contributed by atoms with Crippen molar-refractivity contribution >= 4 is 10.0 Å². The summed E-state index contributed by atoms with van der Waals surface area (Å²) in [6.45, 7) is 0. The number of aromatic amines is 1. The second-order valence-corrected chi connectivity index (χ2v) is 7.28. The molecule has 17 heavy (non-hydrogen) atoms. The first-order chi connectivity index (χ1) is 8.17. The quantitative estimate of drug-likeness (QED) is 0.834. The Balaban J connectivity index is 1.54. The number of nitrogens with one attached hydrogen (secondary N) is 2. The van der Waals surface area contributed by atoms with Gasteiger partial charge >= 0.3 is 0 Å². The molecule has 6 heteroatoms. The summed E-state index contributed by atoms with van der Waals surface area (Å²) in [7, 11) is -3.36. The molecule has 0 spiro atoms. The first-order valence-electron chi connectivity index (χ1n) is 6.18. The Kier molecular flexibility index (Phi) is 1.85. The van der Waals surface area contributed by atoms with Crippen LogP contribution in [0.25, 0.3) is 0 Å². The van der Waals surface area contributed by atoms with Gasteiger partial charge in [-0.15, -0.1) is 0 Å². The number of rotatable bonds is 3. The van der Waals surface area contributed by atoms with Crippen LogP contribution in [-0.4, -0.2) is 24.7 Å². The van der Waals surface area contributed by atoms with Crippen LogP contribution >= 0.6 is 0 Å². The Hall–Kier alpha value is -0.880. The molecule has 4 rings (SSSR count). The third-order valence-corrected chi connectivity index (χ3v) is 6.24. The summed E-state index contributed by atoms with van der Waals surface area (Å²) in [6.07, 6.45) is 6.72. The van der Waals surface area contributed by atoms with Crippen molar-refractivity contribution in [1.82, 2.24) is 14.9 Å². The number of aromatic nitrogens is 2. The minimum absolute atomic E-state index is 0.196. The van der Waals surface area contributed by atoms with Gasteiger partial charge in [0.15, 0.2) is 0 Å². The second-order valence-electron chi connectivity index (χ2n) is 5.57. The van der Waals surface area contributed by atoms with Crippen molar-refractivity contribution in [3.05, 3.63) is 12.4 Å². The van der Waals surface area contributed by atoms with Crippen LogP contribution in [0.5, 0.6) is 0 Å². The van der Waals surface area contributed by atoms with Crippen LogP contribution in [0.15, 0.2) is 17.3 Å². The van der Waals surface area contributed by atoms with Gasteiger partial charge in [0.05, 0.1) is 6.20 Å². The van der Waals surface area contributed by atoms with Crippen LogP contribution in [0.2, 0.25) is 0 Å². The minimum Gasteiger partial charge on any atom is -0.284 e. The summed E-state index contributed by atoms with van der Waals surface area (Å²) < 4.78 is 26.9. The van der Waals surface area contributed by atoms with Gasteiger partial charge in [-0.05, 0) is 42.9 Å². The van der Waals surface area contributed by atoms with Crippen LogP contribution in [0.4, 0.5) is 0 Å². The van der Waals surface area contributed by atoms with E-state index in [-0.39, 0.29) is 10.9 Å². The van der Waals surface area contributed by atoms with E-state index in [0.29, 0.717) is 11.8 Å². The highest BCUT2D eigenvalue weighted by molar-refractivity contribution is 7.89. The average Bonchev–Trinajstić information content (AvgIpc) is 2.83. The van der Waals surface area contributed by atoms with Crippen molar-refractivity contribution in [1.29, 1.82) is 0 Å². The van der Waals surface area contributed by atoms with Crippen LogP contribution in [0.3, 0.4) is 0 Å². The lowest BCUT2D eigenvalue weighted by Gasteiger charge is -2.09. The van der Waals surface area contributed by atoms with Crippen molar-refractivity contribution in [2.24, 2.45) is 23.7 Å². The zero-order chi connectivity index (χ0) is 11.6. The Morgan fingerprint density at radius 1 is 1.29 bits per heavy atom.